The quantitative estimate of drug-likeness (QED) is 0.628. The van der Waals surface area contributed by atoms with E-state index >= 15 is 0 Å². The van der Waals surface area contributed by atoms with Gasteiger partial charge in [0.15, 0.2) is 0 Å². The van der Waals surface area contributed by atoms with E-state index in [4.69, 9.17) is 9.31 Å². The van der Waals surface area contributed by atoms with Crippen LogP contribution in [0.25, 0.3) is 0 Å². The van der Waals surface area contributed by atoms with Crippen LogP contribution in [0.15, 0.2) is 28.0 Å². The highest BCUT2D eigenvalue weighted by Crippen LogP contribution is 2.37. The highest BCUT2D eigenvalue weighted by atomic mass is 32.2. The summed E-state index contributed by atoms with van der Waals surface area (Å²) in [6.45, 7) is 8.34. The van der Waals surface area contributed by atoms with E-state index in [0.717, 1.165) is 5.46 Å². The molecule has 2 rings (SSSR count). The van der Waals surface area contributed by atoms with Crippen molar-refractivity contribution in [2.45, 2.75) is 48.7 Å². The molecule has 0 amide bonds. The topological polar surface area (TPSA) is 18.5 Å². The van der Waals surface area contributed by atoms with Crippen LogP contribution in [0.4, 0.5) is 0 Å². The normalized spacial score (nSPS) is 20.8. The molecule has 0 N–H and O–H groups in total. The van der Waals surface area contributed by atoms with Crippen LogP contribution in [0, 0.1) is 0 Å². The Morgan fingerprint density at radius 1 is 0.842 bits per heavy atom. The third-order valence-electron chi connectivity index (χ3n) is 3.90. The lowest BCUT2D eigenvalue weighted by atomic mass is 9.79. The standard InChI is InChI=1S/C14H21BO2S2/c1-13(2)14(3,4)17-15(16-13)10-7-11(18-5)9-12(8-10)19-6/h7-9H,1-6H3. The van der Waals surface area contributed by atoms with Gasteiger partial charge >= 0.3 is 7.12 Å². The van der Waals surface area contributed by atoms with Crippen molar-refractivity contribution < 1.29 is 9.31 Å². The van der Waals surface area contributed by atoms with Crippen LogP contribution >= 0.6 is 23.5 Å². The summed E-state index contributed by atoms with van der Waals surface area (Å²) in [5.41, 5.74) is 0.536. The van der Waals surface area contributed by atoms with E-state index in [2.05, 4.69) is 58.4 Å². The van der Waals surface area contributed by atoms with Crippen LogP contribution in [0.5, 0.6) is 0 Å². The Morgan fingerprint density at radius 2 is 1.26 bits per heavy atom. The fourth-order valence-corrected chi connectivity index (χ4v) is 3.02. The maximum absolute atomic E-state index is 6.11. The molecule has 0 atom stereocenters. The molecule has 1 fully saturated rings. The van der Waals surface area contributed by atoms with Gasteiger partial charge in [-0.1, -0.05) is 0 Å². The monoisotopic (exact) mass is 296 g/mol. The predicted molar refractivity (Wildman–Crippen MR) is 85.7 cm³/mol. The van der Waals surface area contributed by atoms with E-state index in [1.807, 2.05) is 0 Å². The third-order valence-corrected chi connectivity index (χ3v) is 5.31. The molecule has 0 aromatic heterocycles. The summed E-state index contributed by atoms with van der Waals surface area (Å²) >= 11 is 3.49. The molecule has 0 radical (unpaired) electrons. The summed E-state index contributed by atoms with van der Waals surface area (Å²) < 4.78 is 12.2. The summed E-state index contributed by atoms with van der Waals surface area (Å²) in [5, 5.41) is 0. The number of hydrogen-bond acceptors (Lipinski definition) is 4. The van der Waals surface area contributed by atoms with Gasteiger partial charge < -0.3 is 9.31 Å². The Hall–Kier alpha value is -0.0951. The average Bonchev–Trinajstić information content (AvgIpc) is 2.58. The Bertz CT molecular complexity index is 436. The van der Waals surface area contributed by atoms with Crippen molar-refractivity contribution in [1.29, 1.82) is 0 Å². The Kier molecular flexibility index (Phi) is 4.31. The lowest BCUT2D eigenvalue weighted by Gasteiger charge is -2.32. The van der Waals surface area contributed by atoms with Crippen molar-refractivity contribution >= 4 is 36.1 Å². The number of hydrogen-bond donors (Lipinski definition) is 0. The second-order valence-electron chi connectivity index (χ2n) is 5.73. The van der Waals surface area contributed by atoms with E-state index in [9.17, 15) is 0 Å². The van der Waals surface area contributed by atoms with Crippen molar-refractivity contribution in [3.05, 3.63) is 18.2 Å². The largest absolute Gasteiger partial charge is 0.494 e. The molecule has 1 aliphatic heterocycles. The van der Waals surface area contributed by atoms with Gasteiger partial charge in [0.05, 0.1) is 11.2 Å². The third kappa shape index (κ3) is 2.99. The van der Waals surface area contributed by atoms with Gasteiger partial charge in [0.25, 0.3) is 0 Å². The maximum atomic E-state index is 6.11. The number of rotatable bonds is 3. The van der Waals surface area contributed by atoms with E-state index < -0.39 is 0 Å². The lowest BCUT2D eigenvalue weighted by Crippen LogP contribution is -2.41. The van der Waals surface area contributed by atoms with Crippen LogP contribution in [-0.4, -0.2) is 30.8 Å². The fourth-order valence-electron chi connectivity index (χ4n) is 1.94. The molecule has 0 aliphatic carbocycles. The second kappa shape index (κ2) is 5.36. The molecule has 1 heterocycles. The van der Waals surface area contributed by atoms with E-state index in [-0.39, 0.29) is 18.3 Å². The van der Waals surface area contributed by atoms with Gasteiger partial charge in [0.2, 0.25) is 0 Å². The summed E-state index contributed by atoms with van der Waals surface area (Å²) in [7, 11) is -0.275. The average molecular weight is 296 g/mol. The first-order valence-corrected chi connectivity index (χ1v) is 8.82. The zero-order chi connectivity index (χ0) is 14.3. The highest BCUT2D eigenvalue weighted by Gasteiger charge is 2.51. The summed E-state index contributed by atoms with van der Waals surface area (Å²) in [6.07, 6.45) is 4.18. The molecule has 0 saturated carbocycles. The smallest absolute Gasteiger partial charge is 0.399 e. The van der Waals surface area contributed by atoms with Gasteiger partial charge in [0.1, 0.15) is 0 Å². The number of thioether (sulfide) groups is 2. The first-order chi connectivity index (χ1) is 8.79. The first kappa shape index (κ1) is 15.3. The fraction of sp³-hybridized carbons (Fsp3) is 0.571. The molecule has 0 bridgehead atoms. The van der Waals surface area contributed by atoms with Gasteiger partial charge in [-0.3, -0.25) is 0 Å². The van der Waals surface area contributed by atoms with Crippen LogP contribution < -0.4 is 5.46 Å². The zero-order valence-corrected chi connectivity index (χ0v) is 14.1. The zero-order valence-electron chi connectivity index (χ0n) is 12.4. The second-order valence-corrected chi connectivity index (χ2v) is 7.49. The van der Waals surface area contributed by atoms with Gasteiger partial charge in [-0.25, -0.2) is 0 Å². The van der Waals surface area contributed by atoms with Crippen LogP contribution in [-0.2, 0) is 9.31 Å². The van der Waals surface area contributed by atoms with Crippen molar-refractivity contribution in [2.75, 3.05) is 12.5 Å². The summed E-state index contributed by atoms with van der Waals surface area (Å²) in [4.78, 5) is 2.49. The molecule has 0 spiro atoms. The molecule has 1 aliphatic rings. The van der Waals surface area contributed by atoms with Crippen molar-refractivity contribution in [1.82, 2.24) is 0 Å². The molecular weight excluding hydrogens is 275 g/mol. The van der Waals surface area contributed by atoms with Crippen LogP contribution in [0.2, 0.25) is 0 Å². The maximum Gasteiger partial charge on any atom is 0.494 e. The first-order valence-electron chi connectivity index (χ1n) is 6.38. The minimum atomic E-state index is -0.285. The predicted octanol–water partition coefficient (Wildman–Crippen LogP) is 3.43. The molecule has 1 saturated heterocycles. The molecule has 1 aromatic carbocycles. The number of benzene rings is 1. The Labute approximate surface area is 125 Å². The molecule has 5 heteroatoms. The van der Waals surface area contributed by atoms with E-state index in [1.165, 1.54) is 9.79 Å². The van der Waals surface area contributed by atoms with Gasteiger partial charge in [-0.15, -0.1) is 23.5 Å². The molecule has 2 nitrogen and oxygen atoms in total. The molecular formula is C14H21BO2S2. The summed E-state index contributed by atoms with van der Waals surface area (Å²) in [6, 6.07) is 6.52. The van der Waals surface area contributed by atoms with Crippen LogP contribution in [0.1, 0.15) is 27.7 Å². The summed E-state index contributed by atoms with van der Waals surface area (Å²) in [5.74, 6) is 0. The van der Waals surface area contributed by atoms with Gasteiger partial charge in [0, 0.05) is 9.79 Å². The lowest BCUT2D eigenvalue weighted by molar-refractivity contribution is 0.00578. The minimum Gasteiger partial charge on any atom is -0.399 e. The van der Waals surface area contributed by atoms with Gasteiger partial charge in [-0.05, 0) is 63.9 Å². The highest BCUT2D eigenvalue weighted by molar-refractivity contribution is 7.99. The molecule has 104 valence electrons. The molecule has 1 aromatic rings. The van der Waals surface area contributed by atoms with E-state index in [1.54, 1.807) is 23.5 Å². The Balaban J connectivity index is 2.33. The van der Waals surface area contributed by atoms with Crippen molar-refractivity contribution in [3.63, 3.8) is 0 Å². The Morgan fingerprint density at radius 3 is 1.63 bits per heavy atom. The molecule has 0 unspecified atom stereocenters. The molecule has 19 heavy (non-hydrogen) atoms. The SMILES string of the molecule is CSc1cc(SC)cc(B2OC(C)(C)C(C)(C)O2)c1. The van der Waals surface area contributed by atoms with Crippen molar-refractivity contribution in [3.8, 4) is 0 Å². The minimum absolute atomic E-state index is 0.275. The van der Waals surface area contributed by atoms with Crippen LogP contribution in [0.3, 0.4) is 0 Å². The van der Waals surface area contributed by atoms with Crippen molar-refractivity contribution in [2.24, 2.45) is 0 Å². The van der Waals surface area contributed by atoms with E-state index in [0.29, 0.717) is 0 Å². The van der Waals surface area contributed by atoms with Gasteiger partial charge in [-0.2, -0.15) is 0 Å².